The number of nitrogens with zero attached hydrogens (tertiary/aromatic N) is 3. The molecule has 0 N–H and O–H groups in total. The van der Waals surface area contributed by atoms with E-state index in [0.717, 1.165) is 49.3 Å². The molecule has 3 aromatic carbocycles. The van der Waals surface area contributed by atoms with E-state index in [-0.39, 0.29) is 17.1 Å². The van der Waals surface area contributed by atoms with Gasteiger partial charge in [-0.15, -0.1) is 11.8 Å². The molecule has 5 nitrogen and oxygen atoms in total. The predicted octanol–water partition coefficient (Wildman–Crippen LogP) is 5.27. The highest BCUT2D eigenvalue weighted by atomic mass is 32.2. The van der Waals surface area contributed by atoms with Crippen LogP contribution in [0.5, 0.6) is 0 Å². The molecule has 0 aliphatic carbocycles. The fraction of sp³-hybridized carbons (Fsp3) is 0.333. The normalized spacial score (nSPS) is 24.6. The monoisotopic (exact) mass is 497 g/mol. The maximum Gasteiger partial charge on any atom is 0.269 e. The van der Waals surface area contributed by atoms with E-state index in [4.69, 9.17) is 0 Å². The first-order chi connectivity index (χ1) is 17.6. The maximum absolute atomic E-state index is 14.3. The zero-order valence-corrected chi connectivity index (χ0v) is 21.4. The van der Waals surface area contributed by atoms with Crippen LogP contribution in [0.4, 0.5) is 11.4 Å². The number of carbonyl (C=O) groups is 2. The van der Waals surface area contributed by atoms with Gasteiger partial charge in [0.15, 0.2) is 0 Å². The molecule has 1 spiro atoms. The molecule has 2 amide bonds. The quantitative estimate of drug-likeness (QED) is 0.482. The van der Waals surface area contributed by atoms with Crippen molar-refractivity contribution in [2.24, 2.45) is 5.92 Å². The maximum atomic E-state index is 14.3. The Morgan fingerprint density at radius 3 is 2.22 bits per heavy atom. The molecule has 6 rings (SSSR count). The van der Waals surface area contributed by atoms with Gasteiger partial charge in [-0.3, -0.25) is 24.3 Å². The fourth-order valence-electron chi connectivity index (χ4n) is 5.93. The summed E-state index contributed by atoms with van der Waals surface area (Å²) < 4.78 is 0. The van der Waals surface area contributed by atoms with Crippen LogP contribution in [0.3, 0.4) is 0 Å². The molecule has 2 saturated heterocycles. The van der Waals surface area contributed by atoms with Crippen molar-refractivity contribution >= 4 is 35.0 Å². The van der Waals surface area contributed by atoms with E-state index in [2.05, 4.69) is 35.2 Å². The number of hydrogen-bond acceptors (Lipinski definition) is 4. The molecule has 2 atom stereocenters. The third-order valence-electron chi connectivity index (χ3n) is 7.76. The van der Waals surface area contributed by atoms with Crippen LogP contribution < -0.4 is 9.80 Å². The smallest absolute Gasteiger partial charge is 0.269 e. The number of rotatable bonds is 5. The van der Waals surface area contributed by atoms with Gasteiger partial charge < -0.3 is 0 Å². The standard InChI is InChI=1S/C30H31N3O2S/c1-22-28(34)33(25-12-6-3-7-13-25)30(36-22)26-14-8-9-15-27(26)32(29(30)35)21-31-18-16-24(17-19-31)20-23-10-4-2-5-11-23/h2-15,22,24H,16-21H2,1H3. The molecular weight excluding hydrogens is 466 g/mol. The number of carbonyl (C=O) groups excluding carboxylic acids is 2. The average Bonchev–Trinajstić information content (AvgIpc) is 3.31. The molecule has 3 aliphatic heterocycles. The van der Waals surface area contributed by atoms with E-state index < -0.39 is 4.87 Å². The third kappa shape index (κ3) is 3.84. The third-order valence-corrected chi connectivity index (χ3v) is 9.23. The summed E-state index contributed by atoms with van der Waals surface area (Å²) in [5.74, 6) is 0.647. The molecular formula is C30H31N3O2S. The van der Waals surface area contributed by atoms with Gasteiger partial charge in [0.05, 0.1) is 17.6 Å². The molecule has 36 heavy (non-hydrogen) atoms. The van der Waals surface area contributed by atoms with E-state index >= 15 is 0 Å². The molecule has 0 radical (unpaired) electrons. The van der Waals surface area contributed by atoms with Crippen LogP contribution in [0.25, 0.3) is 0 Å². The number of hydrogen-bond donors (Lipinski definition) is 0. The summed E-state index contributed by atoms with van der Waals surface area (Å²) in [4.78, 5) is 32.8. The summed E-state index contributed by atoms with van der Waals surface area (Å²) in [6, 6.07) is 28.4. The molecule has 2 fully saturated rings. The van der Waals surface area contributed by atoms with Crippen molar-refractivity contribution in [2.75, 3.05) is 29.6 Å². The summed E-state index contributed by atoms with van der Waals surface area (Å²) in [5, 5.41) is -0.295. The SMILES string of the molecule is CC1SC2(C(=O)N(CN3CCC(Cc4ccccc4)CC3)c3ccccc32)N(c2ccccc2)C1=O. The minimum atomic E-state index is -1.06. The lowest BCUT2D eigenvalue weighted by Crippen LogP contribution is -2.52. The minimum absolute atomic E-state index is 0.0123. The van der Waals surface area contributed by atoms with Crippen LogP contribution in [0, 0.1) is 5.92 Å². The predicted molar refractivity (Wildman–Crippen MR) is 146 cm³/mol. The number of fused-ring (bicyclic) bond motifs is 2. The minimum Gasteiger partial charge on any atom is -0.295 e. The Kier molecular flexibility index (Phi) is 6.10. The molecule has 0 saturated carbocycles. The number of para-hydroxylation sites is 2. The lowest BCUT2D eigenvalue weighted by molar-refractivity contribution is -0.124. The van der Waals surface area contributed by atoms with Crippen molar-refractivity contribution in [3.63, 3.8) is 0 Å². The van der Waals surface area contributed by atoms with Gasteiger partial charge in [0, 0.05) is 24.3 Å². The van der Waals surface area contributed by atoms with Crippen LogP contribution in [0.1, 0.15) is 30.9 Å². The Morgan fingerprint density at radius 2 is 1.50 bits per heavy atom. The summed E-state index contributed by atoms with van der Waals surface area (Å²) in [6.07, 6.45) is 3.38. The van der Waals surface area contributed by atoms with Crippen LogP contribution in [-0.2, 0) is 20.9 Å². The Hall–Kier alpha value is -3.09. The van der Waals surface area contributed by atoms with Crippen molar-refractivity contribution in [1.29, 1.82) is 0 Å². The Morgan fingerprint density at radius 1 is 0.861 bits per heavy atom. The van der Waals surface area contributed by atoms with Gasteiger partial charge in [0.25, 0.3) is 5.91 Å². The molecule has 6 heteroatoms. The zero-order chi connectivity index (χ0) is 24.7. The number of amides is 2. The average molecular weight is 498 g/mol. The Labute approximate surface area is 217 Å². The lowest BCUT2D eigenvalue weighted by atomic mass is 9.90. The van der Waals surface area contributed by atoms with Crippen molar-refractivity contribution in [2.45, 2.75) is 36.3 Å². The van der Waals surface area contributed by atoms with Gasteiger partial charge in [0.2, 0.25) is 10.8 Å². The lowest BCUT2D eigenvalue weighted by Gasteiger charge is -2.36. The van der Waals surface area contributed by atoms with Gasteiger partial charge in [-0.2, -0.15) is 0 Å². The zero-order valence-electron chi connectivity index (χ0n) is 20.5. The van der Waals surface area contributed by atoms with E-state index in [1.165, 1.54) is 17.3 Å². The van der Waals surface area contributed by atoms with Crippen molar-refractivity contribution in [3.05, 3.63) is 96.1 Å². The van der Waals surface area contributed by atoms with Crippen molar-refractivity contribution < 1.29 is 9.59 Å². The second kappa shape index (κ2) is 9.41. The number of likely N-dealkylation sites (tertiary alicyclic amines) is 1. The molecule has 3 aromatic rings. The second-order valence-electron chi connectivity index (χ2n) is 10.1. The van der Waals surface area contributed by atoms with Crippen LogP contribution in [-0.4, -0.2) is 41.7 Å². The Bertz CT molecular complexity index is 1260. The van der Waals surface area contributed by atoms with Crippen LogP contribution in [0.15, 0.2) is 84.9 Å². The molecule has 0 bridgehead atoms. The largest absolute Gasteiger partial charge is 0.295 e. The topological polar surface area (TPSA) is 43.9 Å². The van der Waals surface area contributed by atoms with E-state index in [0.29, 0.717) is 12.6 Å². The highest BCUT2D eigenvalue weighted by molar-refractivity contribution is 8.03. The van der Waals surface area contributed by atoms with E-state index in [9.17, 15) is 9.59 Å². The number of piperidine rings is 1. The van der Waals surface area contributed by atoms with Gasteiger partial charge in [-0.05, 0) is 55.9 Å². The highest BCUT2D eigenvalue weighted by Crippen LogP contribution is 2.57. The highest BCUT2D eigenvalue weighted by Gasteiger charge is 2.63. The molecule has 184 valence electrons. The van der Waals surface area contributed by atoms with Crippen molar-refractivity contribution in [1.82, 2.24) is 4.90 Å². The van der Waals surface area contributed by atoms with Crippen LogP contribution in [0.2, 0.25) is 0 Å². The number of anilines is 2. The van der Waals surface area contributed by atoms with Gasteiger partial charge >= 0.3 is 0 Å². The second-order valence-corrected chi connectivity index (χ2v) is 11.6. The first-order valence-electron chi connectivity index (χ1n) is 12.8. The van der Waals surface area contributed by atoms with Crippen LogP contribution >= 0.6 is 11.8 Å². The fourth-order valence-corrected chi connectivity index (χ4v) is 7.46. The van der Waals surface area contributed by atoms with Gasteiger partial charge in [0.1, 0.15) is 0 Å². The first kappa shape index (κ1) is 23.3. The molecule has 0 aromatic heterocycles. The first-order valence-corrected chi connectivity index (χ1v) is 13.7. The van der Waals surface area contributed by atoms with Crippen molar-refractivity contribution in [3.8, 4) is 0 Å². The molecule has 2 unspecified atom stereocenters. The Balaban J connectivity index is 1.25. The molecule has 3 aliphatic rings. The summed E-state index contributed by atoms with van der Waals surface area (Å²) >= 11 is 1.47. The van der Waals surface area contributed by atoms with E-state index in [1.807, 2.05) is 66.4 Å². The summed E-state index contributed by atoms with van der Waals surface area (Å²) in [5.41, 5.74) is 4.01. The van der Waals surface area contributed by atoms with Gasteiger partial charge in [-0.25, -0.2) is 0 Å². The van der Waals surface area contributed by atoms with E-state index in [1.54, 1.807) is 4.90 Å². The molecule has 3 heterocycles. The summed E-state index contributed by atoms with van der Waals surface area (Å²) in [6.45, 7) is 4.41. The van der Waals surface area contributed by atoms with Gasteiger partial charge in [-0.1, -0.05) is 66.7 Å². The summed E-state index contributed by atoms with van der Waals surface area (Å²) in [7, 11) is 0. The number of benzene rings is 3. The number of thioether (sulfide) groups is 1.